The third-order valence-corrected chi connectivity index (χ3v) is 8.67. The SMILES string of the molecule is CN1[C@@H](C(=O)CCC[C@H](O)CO)[C@H](c2cccc(Cl)c2)[C@@]2(C(=O)Nc3cc(Cl)c(F)cc32)[C@H]1CC(C)(C)C.O=C(O)C(F)(F)F. The number of benzene rings is 2. The van der Waals surface area contributed by atoms with Crippen molar-refractivity contribution in [1.29, 1.82) is 0 Å². The summed E-state index contributed by atoms with van der Waals surface area (Å²) in [5, 5.41) is 29.4. The number of likely N-dealkylation sites (N-methyl/N-ethyl adjacent to an activating group) is 1. The summed E-state index contributed by atoms with van der Waals surface area (Å²) in [5.74, 6) is -4.43. The number of aliphatic hydroxyl groups excluding tert-OH is 2. The highest BCUT2D eigenvalue weighted by molar-refractivity contribution is 6.31. The summed E-state index contributed by atoms with van der Waals surface area (Å²) < 4.78 is 46.7. The molecule has 2 aromatic rings. The Bertz CT molecular complexity index is 1430. The fourth-order valence-electron chi connectivity index (χ4n) is 6.38. The fraction of sp³-hybridized carbons (Fsp3) is 0.516. The molecule has 248 valence electrons. The molecule has 4 N–H and O–H groups in total. The van der Waals surface area contributed by atoms with Gasteiger partial charge in [0.05, 0.1) is 23.8 Å². The van der Waals surface area contributed by atoms with E-state index in [4.69, 9.17) is 33.1 Å². The number of Topliss-reactive ketones (excluding diaryl/α,β-unsaturated/α-hetero) is 1. The first kappa shape index (κ1) is 36.7. The van der Waals surface area contributed by atoms with Crippen molar-refractivity contribution in [2.45, 2.75) is 82.2 Å². The molecule has 0 aliphatic carbocycles. The zero-order valence-electron chi connectivity index (χ0n) is 25.1. The first-order valence-corrected chi connectivity index (χ1v) is 14.9. The van der Waals surface area contributed by atoms with Crippen LogP contribution in [0.2, 0.25) is 10.0 Å². The van der Waals surface area contributed by atoms with Gasteiger partial charge >= 0.3 is 12.1 Å². The van der Waals surface area contributed by atoms with Crippen LogP contribution in [0.3, 0.4) is 0 Å². The van der Waals surface area contributed by atoms with E-state index < -0.39 is 47.5 Å². The molecule has 0 bridgehead atoms. The van der Waals surface area contributed by atoms with E-state index in [0.717, 1.165) is 0 Å². The van der Waals surface area contributed by atoms with Gasteiger partial charge in [-0.25, -0.2) is 9.18 Å². The minimum atomic E-state index is -5.08. The summed E-state index contributed by atoms with van der Waals surface area (Å²) >= 11 is 12.5. The number of amides is 1. The number of carbonyl (C=O) groups excluding carboxylic acids is 2. The van der Waals surface area contributed by atoms with E-state index in [9.17, 15) is 33.0 Å². The lowest BCUT2D eigenvalue weighted by Gasteiger charge is -2.39. The Kier molecular flexibility index (Phi) is 11.4. The quantitative estimate of drug-likeness (QED) is 0.254. The fourth-order valence-corrected chi connectivity index (χ4v) is 6.74. The number of nitrogens with one attached hydrogen (secondary N) is 1. The van der Waals surface area contributed by atoms with Crippen molar-refractivity contribution < 1.29 is 47.3 Å². The van der Waals surface area contributed by atoms with Crippen LogP contribution < -0.4 is 5.32 Å². The Morgan fingerprint density at radius 2 is 1.76 bits per heavy atom. The normalized spacial score (nSPS) is 23.7. The number of likely N-dealkylation sites (tertiary alicyclic amines) is 1. The van der Waals surface area contributed by atoms with E-state index in [-0.39, 0.29) is 41.6 Å². The number of carbonyl (C=O) groups is 3. The third-order valence-electron chi connectivity index (χ3n) is 8.15. The summed E-state index contributed by atoms with van der Waals surface area (Å²) in [7, 11) is 1.85. The van der Waals surface area contributed by atoms with Crippen molar-refractivity contribution in [2.24, 2.45) is 5.41 Å². The topological polar surface area (TPSA) is 127 Å². The molecule has 0 unspecified atom stereocenters. The predicted molar refractivity (Wildman–Crippen MR) is 161 cm³/mol. The number of ketones is 1. The van der Waals surface area contributed by atoms with Gasteiger partial charge in [-0.1, -0.05) is 56.1 Å². The molecule has 1 fully saturated rings. The minimum absolute atomic E-state index is 0.0887. The average molecular weight is 680 g/mol. The Hall–Kier alpha value is -2.77. The van der Waals surface area contributed by atoms with E-state index in [0.29, 0.717) is 34.7 Å². The van der Waals surface area contributed by atoms with Crippen LogP contribution >= 0.6 is 23.2 Å². The van der Waals surface area contributed by atoms with Crippen molar-refractivity contribution in [3.63, 3.8) is 0 Å². The molecule has 1 amide bonds. The number of alkyl halides is 3. The molecule has 45 heavy (non-hydrogen) atoms. The van der Waals surface area contributed by atoms with Gasteiger partial charge in [-0.05, 0) is 67.1 Å². The van der Waals surface area contributed by atoms with Crippen molar-refractivity contribution in [3.05, 3.63) is 63.4 Å². The molecule has 4 rings (SSSR count). The summed E-state index contributed by atoms with van der Waals surface area (Å²) in [6.45, 7) is 5.85. The summed E-state index contributed by atoms with van der Waals surface area (Å²) in [4.78, 5) is 39.0. The first-order chi connectivity index (χ1) is 20.7. The number of halogens is 6. The maximum Gasteiger partial charge on any atom is 0.490 e. The van der Waals surface area contributed by atoms with Crippen molar-refractivity contribution in [3.8, 4) is 0 Å². The average Bonchev–Trinajstić information content (AvgIpc) is 3.34. The Balaban J connectivity index is 0.000000707. The van der Waals surface area contributed by atoms with Crippen LogP contribution in [0.4, 0.5) is 23.2 Å². The number of hydrogen-bond acceptors (Lipinski definition) is 6. The van der Waals surface area contributed by atoms with Crippen LogP contribution in [-0.4, -0.2) is 75.9 Å². The van der Waals surface area contributed by atoms with Crippen LogP contribution in [-0.2, 0) is 19.8 Å². The van der Waals surface area contributed by atoms with Gasteiger partial charge in [0.15, 0.2) is 5.78 Å². The molecule has 5 atom stereocenters. The van der Waals surface area contributed by atoms with Crippen molar-refractivity contribution in [1.82, 2.24) is 4.90 Å². The zero-order valence-corrected chi connectivity index (χ0v) is 26.6. The number of hydrogen-bond donors (Lipinski definition) is 4. The second kappa shape index (κ2) is 13.9. The number of carboxylic acid groups (broad SMARTS) is 1. The van der Waals surface area contributed by atoms with Gasteiger partial charge in [0.2, 0.25) is 5.91 Å². The van der Waals surface area contributed by atoms with Crippen molar-refractivity contribution >= 4 is 46.5 Å². The standard InChI is InChI=1S/C29H35Cl2FN2O4.C2HF3O2/c1-28(2,3)14-24-29(19-12-21(32)20(31)13-22(19)33-27(29)38)25(16-7-5-8-17(30)11-16)26(34(24)4)23(37)10-6-9-18(36)15-35;3-2(4,5)1(6)7/h5,7-8,11-13,18,24-26,35-36H,6,9-10,14-15H2,1-4H3,(H,33,38);(H,6,7)/t18-,24+,25-,26-,29-;/m0./s1. The molecule has 14 heteroatoms. The molecule has 1 spiro atoms. The van der Waals surface area contributed by atoms with E-state index >= 15 is 4.39 Å². The van der Waals surface area contributed by atoms with E-state index in [1.54, 1.807) is 18.2 Å². The largest absolute Gasteiger partial charge is 0.490 e. The van der Waals surface area contributed by atoms with Crippen molar-refractivity contribution in [2.75, 3.05) is 19.0 Å². The molecule has 1 saturated heterocycles. The number of nitrogens with zero attached hydrogens (tertiary/aromatic N) is 1. The predicted octanol–water partition coefficient (Wildman–Crippen LogP) is 5.95. The third kappa shape index (κ3) is 7.79. The molecule has 2 aliphatic heterocycles. The Labute approximate surface area is 268 Å². The number of anilines is 1. The smallest absolute Gasteiger partial charge is 0.475 e. The van der Waals surface area contributed by atoms with Gasteiger partial charge in [-0.2, -0.15) is 13.2 Å². The second-order valence-corrected chi connectivity index (χ2v) is 13.4. The molecule has 0 radical (unpaired) electrons. The summed E-state index contributed by atoms with van der Waals surface area (Å²) in [5.41, 5.74) is 0.148. The number of aliphatic carboxylic acids is 1. The molecule has 2 heterocycles. The highest BCUT2D eigenvalue weighted by Crippen LogP contribution is 2.60. The molecule has 0 aromatic heterocycles. The van der Waals surface area contributed by atoms with Gasteiger partial charge in [-0.3, -0.25) is 14.5 Å². The molecule has 2 aromatic carbocycles. The lowest BCUT2D eigenvalue weighted by atomic mass is 9.62. The van der Waals surface area contributed by atoms with Crippen LogP contribution in [0.5, 0.6) is 0 Å². The van der Waals surface area contributed by atoms with Crippen LogP contribution in [0.25, 0.3) is 0 Å². The number of rotatable bonds is 8. The number of aliphatic hydroxyl groups is 2. The van der Waals surface area contributed by atoms with Crippen LogP contribution in [0.1, 0.15) is 63.5 Å². The number of carboxylic acids is 1. The van der Waals surface area contributed by atoms with E-state index in [2.05, 4.69) is 26.1 Å². The minimum Gasteiger partial charge on any atom is -0.475 e. The Morgan fingerprint density at radius 3 is 2.29 bits per heavy atom. The first-order valence-electron chi connectivity index (χ1n) is 14.2. The lowest BCUT2D eigenvalue weighted by Crippen LogP contribution is -2.50. The lowest BCUT2D eigenvalue weighted by molar-refractivity contribution is -0.192. The van der Waals surface area contributed by atoms with Gasteiger partial charge in [0, 0.05) is 29.1 Å². The second-order valence-electron chi connectivity index (χ2n) is 12.6. The highest BCUT2D eigenvalue weighted by atomic mass is 35.5. The van der Waals surface area contributed by atoms with Crippen LogP contribution in [0.15, 0.2) is 36.4 Å². The molecule has 2 aliphatic rings. The maximum atomic E-state index is 15.0. The Morgan fingerprint density at radius 1 is 1.13 bits per heavy atom. The number of fused-ring (bicyclic) bond motifs is 2. The molecular formula is C31H36Cl2F4N2O6. The summed E-state index contributed by atoms with van der Waals surface area (Å²) in [6.07, 6.45) is -4.59. The van der Waals surface area contributed by atoms with Gasteiger partial charge in [0.1, 0.15) is 11.2 Å². The summed E-state index contributed by atoms with van der Waals surface area (Å²) in [6, 6.07) is 8.78. The highest BCUT2D eigenvalue weighted by Gasteiger charge is 2.67. The van der Waals surface area contributed by atoms with Gasteiger partial charge < -0.3 is 20.6 Å². The van der Waals surface area contributed by atoms with E-state index in [1.165, 1.54) is 12.1 Å². The van der Waals surface area contributed by atoms with Gasteiger partial charge in [-0.15, -0.1) is 0 Å². The monoisotopic (exact) mass is 678 g/mol. The maximum absolute atomic E-state index is 15.0. The molecule has 0 saturated carbocycles. The van der Waals surface area contributed by atoms with E-state index in [1.807, 2.05) is 18.0 Å². The van der Waals surface area contributed by atoms with Gasteiger partial charge in [0.25, 0.3) is 0 Å². The van der Waals surface area contributed by atoms with Crippen LogP contribution in [0, 0.1) is 11.2 Å². The zero-order chi connectivity index (χ0) is 34.1. The molecule has 8 nitrogen and oxygen atoms in total. The molecular weight excluding hydrogens is 643 g/mol.